The Hall–Kier alpha value is -2.19. The first kappa shape index (κ1) is 19.8. The lowest BCUT2D eigenvalue weighted by atomic mass is 10.1. The van der Waals surface area contributed by atoms with Gasteiger partial charge in [0.2, 0.25) is 5.78 Å². The van der Waals surface area contributed by atoms with Gasteiger partial charge in [0, 0.05) is 5.69 Å². The van der Waals surface area contributed by atoms with Crippen LogP contribution in [0.2, 0.25) is 0 Å². The fourth-order valence-electron chi connectivity index (χ4n) is 1.87. The highest BCUT2D eigenvalue weighted by atomic mass is 16.2. The number of aryl methyl sites for hydroxylation is 1. The van der Waals surface area contributed by atoms with E-state index in [1.54, 1.807) is 25.2 Å². The molecule has 0 aliphatic rings. The summed E-state index contributed by atoms with van der Waals surface area (Å²) in [6.45, 7) is 7.77. The van der Waals surface area contributed by atoms with E-state index in [0.29, 0.717) is 17.7 Å². The highest BCUT2D eigenvalue weighted by Crippen LogP contribution is 2.14. The Bertz CT molecular complexity index is 547. The predicted octanol–water partition coefficient (Wildman–Crippen LogP) is 2.79. The minimum Gasteiger partial charge on any atom is -0.319 e. The molecule has 0 spiro atoms. The summed E-state index contributed by atoms with van der Waals surface area (Å²) in [6.07, 6.45) is 1.42. The van der Waals surface area contributed by atoms with Crippen molar-refractivity contribution in [3.63, 3.8) is 0 Å². The average Bonchev–Trinajstić information content (AvgIpc) is 2.55. The molecule has 0 saturated heterocycles. The zero-order chi connectivity index (χ0) is 17.1. The third-order valence-corrected chi connectivity index (χ3v) is 3.08. The van der Waals surface area contributed by atoms with E-state index in [-0.39, 0.29) is 0 Å². The number of likely N-dealkylation sites (N-methyl/N-ethyl adjacent to an activating group) is 1. The summed E-state index contributed by atoms with van der Waals surface area (Å²) in [6, 6.07) is 6.55. The molecule has 1 atom stereocenters. The molecule has 0 saturated carbocycles. The van der Waals surface area contributed by atoms with E-state index in [2.05, 4.69) is 10.6 Å². The molecule has 0 aliphatic carbocycles. The Kier molecular flexibility index (Phi) is 9.48. The van der Waals surface area contributed by atoms with E-state index >= 15 is 0 Å². The molecule has 1 aromatic carbocycles. The van der Waals surface area contributed by atoms with Crippen LogP contribution < -0.4 is 10.6 Å². The Morgan fingerprint density at radius 1 is 1.32 bits per heavy atom. The number of Topliss-reactive ketones (excluding diaryl/α,β-unsaturated/α-hetero) is 1. The largest absolute Gasteiger partial charge is 0.319 e. The molecule has 1 amide bonds. The molecule has 0 aliphatic heterocycles. The van der Waals surface area contributed by atoms with Crippen LogP contribution in [0.15, 0.2) is 18.2 Å². The maximum Gasteiger partial charge on any atom is 0.293 e. The number of carbonyl (C=O) groups excluding carboxylic acids is 2. The van der Waals surface area contributed by atoms with E-state index in [4.69, 9.17) is 5.26 Å². The van der Waals surface area contributed by atoms with Gasteiger partial charge in [-0.25, -0.2) is 0 Å². The number of carbonyl (C=O) groups is 2. The topological polar surface area (TPSA) is 82.0 Å². The zero-order valence-electron chi connectivity index (χ0n) is 14.0. The molecule has 1 unspecified atom stereocenters. The third-order valence-electron chi connectivity index (χ3n) is 3.08. The monoisotopic (exact) mass is 303 g/mol. The van der Waals surface area contributed by atoms with Gasteiger partial charge in [0.25, 0.3) is 5.91 Å². The average molecular weight is 303 g/mol. The molecule has 2 N–H and O–H groups in total. The molecule has 120 valence electrons. The van der Waals surface area contributed by atoms with Crippen LogP contribution in [0.5, 0.6) is 0 Å². The molecule has 0 fully saturated rings. The second-order valence-corrected chi connectivity index (χ2v) is 4.59. The van der Waals surface area contributed by atoms with E-state index in [1.165, 1.54) is 0 Å². The summed E-state index contributed by atoms with van der Waals surface area (Å²) in [5.41, 5.74) is 1.77. The van der Waals surface area contributed by atoms with Crippen molar-refractivity contribution in [2.45, 2.75) is 46.6 Å². The van der Waals surface area contributed by atoms with Gasteiger partial charge in [-0.1, -0.05) is 33.3 Å². The van der Waals surface area contributed by atoms with Crippen molar-refractivity contribution >= 4 is 17.4 Å². The van der Waals surface area contributed by atoms with Crippen molar-refractivity contribution in [3.8, 4) is 6.07 Å². The molecule has 0 radical (unpaired) electrons. The van der Waals surface area contributed by atoms with Crippen LogP contribution in [0, 0.1) is 18.3 Å². The molecular formula is C17H25N3O2. The lowest BCUT2D eigenvalue weighted by Crippen LogP contribution is -2.41. The molecular weight excluding hydrogens is 278 g/mol. The highest BCUT2D eigenvalue weighted by Gasteiger charge is 2.23. The minimum absolute atomic E-state index is 0.455. The van der Waals surface area contributed by atoms with Crippen LogP contribution >= 0.6 is 0 Å². The number of anilines is 1. The SMILES string of the molecule is CC.CCCC(NC)C(=O)C(=O)Nc1ccc(C)c(C#N)c1. The van der Waals surface area contributed by atoms with Crippen molar-refractivity contribution in [2.75, 3.05) is 12.4 Å². The number of amides is 1. The number of nitrogens with zero attached hydrogens (tertiary/aromatic N) is 1. The molecule has 1 aromatic rings. The number of rotatable bonds is 6. The first-order valence-electron chi connectivity index (χ1n) is 7.56. The molecule has 0 aromatic heterocycles. The molecule has 22 heavy (non-hydrogen) atoms. The van der Waals surface area contributed by atoms with Crippen molar-refractivity contribution in [2.24, 2.45) is 0 Å². The number of hydrogen-bond donors (Lipinski definition) is 2. The van der Waals surface area contributed by atoms with Gasteiger partial charge in [-0.05, 0) is 38.1 Å². The molecule has 5 nitrogen and oxygen atoms in total. The van der Waals surface area contributed by atoms with Crippen molar-refractivity contribution in [1.29, 1.82) is 5.26 Å². The standard InChI is InChI=1S/C15H19N3O2.C2H6/c1-4-5-13(17-3)14(19)15(20)18-12-7-6-10(2)11(8-12)9-16;1-2/h6-8,13,17H,4-5H2,1-3H3,(H,18,20);1-2H3. The van der Waals surface area contributed by atoms with Crippen LogP contribution in [-0.4, -0.2) is 24.8 Å². The molecule has 0 heterocycles. The van der Waals surface area contributed by atoms with Crippen LogP contribution in [0.4, 0.5) is 5.69 Å². The van der Waals surface area contributed by atoms with Crippen molar-refractivity contribution < 1.29 is 9.59 Å². The third kappa shape index (κ3) is 5.66. The van der Waals surface area contributed by atoms with Crippen LogP contribution in [-0.2, 0) is 9.59 Å². The second kappa shape index (κ2) is 10.5. The molecule has 5 heteroatoms. The van der Waals surface area contributed by atoms with Gasteiger partial charge in [-0.3, -0.25) is 9.59 Å². The number of nitrogens with one attached hydrogen (secondary N) is 2. The Balaban J connectivity index is 0.00000211. The second-order valence-electron chi connectivity index (χ2n) is 4.59. The first-order chi connectivity index (χ1) is 10.5. The number of nitriles is 1. The van der Waals surface area contributed by atoms with Crippen LogP contribution in [0.25, 0.3) is 0 Å². The van der Waals surface area contributed by atoms with Gasteiger partial charge in [0.05, 0.1) is 17.7 Å². The van der Waals surface area contributed by atoms with Crippen molar-refractivity contribution in [1.82, 2.24) is 5.32 Å². The lowest BCUT2D eigenvalue weighted by Gasteiger charge is -2.13. The highest BCUT2D eigenvalue weighted by molar-refractivity contribution is 6.42. The van der Waals surface area contributed by atoms with E-state index in [1.807, 2.05) is 33.8 Å². The maximum atomic E-state index is 12.0. The summed E-state index contributed by atoms with van der Waals surface area (Å²) < 4.78 is 0. The van der Waals surface area contributed by atoms with E-state index in [9.17, 15) is 9.59 Å². The van der Waals surface area contributed by atoms with Gasteiger partial charge in [-0.2, -0.15) is 5.26 Å². The van der Waals surface area contributed by atoms with Crippen molar-refractivity contribution in [3.05, 3.63) is 29.3 Å². The Labute approximate surface area is 132 Å². The first-order valence-corrected chi connectivity index (χ1v) is 7.56. The Morgan fingerprint density at radius 2 is 1.95 bits per heavy atom. The fourth-order valence-corrected chi connectivity index (χ4v) is 1.87. The smallest absolute Gasteiger partial charge is 0.293 e. The minimum atomic E-state index is -0.662. The summed E-state index contributed by atoms with van der Waals surface area (Å²) in [4.78, 5) is 23.8. The van der Waals surface area contributed by atoms with Crippen LogP contribution in [0.3, 0.4) is 0 Å². The summed E-state index contributed by atoms with van der Waals surface area (Å²) in [7, 11) is 1.66. The van der Waals surface area contributed by atoms with Gasteiger partial charge in [0.15, 0.2) is 0 Å². The quantitative estimate of drug-likeness (QED) is 0.792. The number of benzene rings is 1. The van der Waals surface area contributed by atoms with E-state index < -0.39 is 17.7 Å². The van der Waals surface area contributed by atoms with E-state index in [0.717, 1.165) is 12.0 Å². The summed E-state index contributed by atoms with van der Waals surface area (Å²) in [5, 5.41) is 14.3. The fraction of sp³-hybridized carbons (Fsp3) is 0.471. The predicted molar refractivity (Wildman–Crippen MR) is 88.6 cm³/mol. The molecule has 0 bridgehead atoms. The van der Waals surface area contributed by atoms with Gasteiger partial charge >= 0.3 is 0 Å². The Morgan fingerprint density at radius 3 is 2.45 bits per heavy atom. The number of hydrogen-bond acceptors (Lipinski definition) is 4. The van der Waals surface area contributed by atoms with Gasteiger partial charge in [-0.15, -0.1) is 0 Å². The summed E-state index contributed by atoms with van der Waals surface area (Å²) >= 11 is 0. The van der Waals surface area contributed by atoms with Gasteiger partial charge in [0.1, 0.15) is 0 Å². The van der Waals surface area contributed by atoms with Crippen LogP contribution in [0.1, 0.15) is 44.7 Å². The number of ketones is 1. The summed E-state index contributed by atoms with van der Waals surface area (Å²) in [5.74, 6) is -1.15. The normalized spacial score (nSPS) is 10.7. The molecule has 1 rings (SSSR count). The zero-order valence-corrected chi connectivity index (χ0v) is 14.0. The maximum absolute atomic E-state index is 12.0. The lowest BCUT2D eigenvalue weighted by molar-refractivity contribution is -0.136. The van der Waals surface area contributed by atoms with Gasteiger partial charge < -0.3 is 10.6 Å².